The van der Waals surface area contributed by atoms with Crippen molar-refractivity contribution in [1.82, 2.24) is 15.3 Å². The molecule has 2 unspecified atom stereocenters. The highest BCUT2D eigenvalue weighted by Crippen LogP contribution is 2.16. The van der Waals surface area contributed by atoms with Crippen LogP contribution in [0.2, 0.25) is 0 Å². The Morgan fingerprint density at radius 1 is 1.14 bits per heavy atom. The van der Waals surface area contributed by atoms with Crippen LogP contribution in [-0.2, 0) is 4.79 Å². The summed E-state index contributed by atoms with van der Waals surface area (Å²) < 4.78 is 26.5. The van der Waals surface area contributed by atoms with Gasteiger partial charge in [-0.3, -0.25) is 14.9 Å². The number of H-pyrrole nitrogens is 1. The summed E-state index contributed by atoms with van der Waals surface area (Å²) in [6, 6.07) is 9.27. The van der Waals surface area contributed by atoms with Crippen molar-refractivity contribution in [3.8, 4) is 0 Å². The second-order valence-electron chi connectivity index (χ2n) is 6.56. The zero-order chi connectivity index (χ0) is 20.3. The molecule has 3 N–H and O–H groups in total. The van der Waals surface area contributed by atoms with E-state index in [1.165, 1.54) is 6.07 Å². The first kappa shape index (κ1) is 19.5. The normalized spacial score (nSPS) is 13.1. The number of amides is 2. The lowest BCUT2D eigenvalue weighted by molar-refractivity contribution is -0.119. The quantitative estimate of drug-likeness (QED) is 0.605. The summed E-state index contributed by atoms with van der Waals surface area (Å²) in [6.07, 6.45) is 0.621. The van der Waals surface area contributed by atoms with Gasteiger partial charge in [-0.25, -0.2) is 13.8 Å². The van der Waals surface area contributed by atoms with E-state index in [-0.39, 0.29) is 17.4 Å². The Hall–Kier alpha value is -3.29. The van der Waals surface area contributed by atoms with Crippen molar-refractivity contribution in [2.24, 2.45) is 5.92 Å². The van der Waals surface area contributed by atoms with E-state index >= 15 is 0 Å². The average Bonchev–Trinajstić information content (AvgIpc) is 3.09. The highest BCUT2D eigenvalue weighted by atomic mass is 19.2. The summed E-state index contributed by atoms with van der Waals surface area (Å²) >= 11 is 0. The predicted molar refractivity (Wildman–Crippen MR) is 102 cm³/mol. The monoisotopic (exact) mass is 386 g/mol. The van der Waals surface area contributed by atoms with E-state index in [1.807, 2.05) is 32.0 Å². The van der Waals surface area contributed by atoms with Crippen molar-refractivity contribution in [3.05, 3.63) is 59.7 Å². The number of carbonyl (C=O) groups is 2. The third-order valence-corrected chi connectivity index (χ3v) is 4.59. The molecular formula is C20H20F2N4O2. The first-order valence-electron chi connectivity index (χ1n) is 8.90. The van der Waals surface area contributed by atoms with Gasteiger partial charge in [0.25, 0.3) is 5.91 Å². The Morgan fingerprint density at radius 3 is 2.57 bits per heavy atom. The highest BCUT2D eigenvalue weighted by molar-refractivity contribution is 6.01. The summed E-state index contributed by atoms with van der Waals surface area (Å²) in [7, 11) is 0. The molecule has 8 heteroatoms. The van der Waals surface area contributed by atoms with E-state index in [4.69, 9.17) is 0 Å². The van der Waals surface area contributed by atoms with Crippen LogP contribution >= 0.6 is 0 Å². The number of rotatable bonds is 6. The maximum absolute atomic E-state index is 13.4. The van der Waals surface area contributed by atoms with Crippen molar-refractivity contribution in [3.63, 3.8) is 0 Å². The van der Waals surface area contributed by atoms with Gasteiger partial charge in [0, 0.05) is 5.56 Å². The van der Waals surface area contributed by atoms with Gasteiger partial charge in [-0.05, 0) is 36.2 Å². The topological polar surface area (TPSA) is 86.9 Å². The van der Waals surface area contributed by atoms with Crippen molar-refractivity contribution in [2.45, 2.75) is 26.3 Å². The van der Waals surface area contributed by atoms with Gasteiger partial charge in [-0.1, -0.05) is 32.4 Å². The van der Waals surface area contributed by atoms with Crippen molar-refractivity contribution in [2.75, 3.05) is 5.32 Å². The van der Waals surface area contributed by atoms with E-state index in [1.54, 1.807) is 6.07 Å². The Labute approximate surface area is 160 Å². The van der Waals surface area contributed by atoms with E-state index in [2.05, 4.69) is 20.6 Å². The zero-order valence-corrected chi connectivity index (χ0v) is 15.4. The van der Waals surface area contributed by atoms with Crippen LogP contribution < -0.4 is 10.6 Å². The minimum absolute atomic E-state index is 0.0660. The van der Waals surface area contributed by atoms with Gasteiger partial charge in [0.2, 0.25) is 11.9 Å². The first-order valence-corrected chi connectivity index (χ1v) is 8.90. The van der Waals surface area contributed by atoms with Crippen LogP contribution in [0.5, 0.6) is 0 Å². The van der Waals surface area contributed by atoms with Crippen molar-refractivity contribution < 1.29 is 18.4 Å². The van der Waals surface area contributed by atoms with Crippen LogP contribution in [-0.4, -0.2) is 27.8 Å². The number of hydrogen-bond donors (Lipinski definition) is 3. The largest absolute Gasteiger partial charge is 0.340 e. The van der Waals surface area contributed by atoms with Crippen LogP contribution in [0, 0.1) is 17.6 Å². The lowest BCUT2D eigenvalue weighted by Crippen LogP contribution is -2.47. The summed E-state index contributed by atoms with van der Waals surface area (Å²) in [6.45, 7) is 3.70. The molecule has 0 aliphatic carbocycles. The number of nitrogens with one attached hydrogen (secondary N) is 3. The standard InChI is InChI=1S/C20H20F2N4O2/c1-3-11(2)17(25-18(27)12-8-9-13(21)14(22)10-12)19(28)26-20-23-15-6-4-5-7-16(15)24-20/h4-11,17H,3H2,1-2H3,(H,25,27)(H2,23,24,26,28). The van der Waals surface area contributed by atoms with Crippen molar-refractivity contribution in [1.29, 1.82) is 0 Å². The highest BCUT2D eigenvalue weighted by Gasteiger charge is 2.27. The number of hydrogen-bond acceptors (Lipinski definition) is 3. The molecule has 0 aliphatic heterocycles. The van der Waals surface area contributed by atoms with E-state index < -0.39 is 29.5 Å². The summed E-state index contributed by atoms with van der Waals surface area (Å²) in [5.74, 6) is -3.22. The van der Waals surface area contributed by atoms with Gasteiger partial charge in [-0.2, -0.15) is 0 Å². The number of aromatic amines is 1. The second kappa shape index (κ2) is 8.16. The number of nitrogens with zero attached hydrogens (tertiary/aromatic N) is 1. The molecule has 2 amide bonds. The van der Waals surface area contributed by atoms with Crippen molar-refractivity contribution >= 4 is 28.8 Å². The average molecular weight is 386 g/mol. The van der Waals surface area contributed by atoms with E-state index in [0.29, 0.717) is 11.9 Å². The van der Waals surface area contributed by atoms with E-state index in [9.17, 15) is 18.4 Å². The molecular weight excluding hydrogens is 366 g/mol. The molecule has 6 nitrogen and oxygen atoms in total. The Kier molecular flexibility index (Phi) is 5.67. The summed E-state index contributed by atoms with van der Waals surface area (Å²) in [4.78, 5) is 32.5. The van der Waals surface area contributed by atoms with Crippen LogP contribution in [0.4, 0.5) is 14.7 Å². The third kappa shape index (κ3) is 4.16. The Bertz CT molecular complexity index is 985. The molecule has 0 saturated carbocycles. The predicted octanol–water partition coefficient (Wildman–Crippen LogP) is 3.62. The Morgan fingerprint density at radius 2 is 1.89 bits per heavy atom. The van der Waals surface area contributed by atoms with Gasteiger partial charge in [0.15, 0.2) is 11.6 Å². The maximum Gasteiger partial charge on any atom is 0.252 e. The number of para-hydroxylation sites is 2. The molecule has 0 spiro atoms. The maximum atomic E-state index is 13.4. The van der Waals surface area contributed by atoms with Gasteiger partial charge in [0.1, 0.15) is 6.04 Å². The molecule has 146 valence electrons. The molecule has 0 aliphatic rings. The SMILES string of the molecule is CCC(C)C(NC(=O)c1ccc(F)c(F)c1)C(=O)Nc1nc2ccccc2[nH]1. The molecule has 2 atom stereocenters. The van der Waals surface area contributed by atoms with Crippen LogP contribution in [0.15, 0.2) is 42.5 Å². The van der Waals surface area contributed by atoms with Gasteiger partial charge in [0.05, 0.1) is 11.0 Å². The van der Waals surface area contributed by atoms with Crippen LogP contribution in [0.3, 0.4) is 0 Å². The lowest BCUT2D eigenvalue weighted by Gasteiger charge is -2.23. The van der Waals surface area contributed by atoms with Gasteiger partial charge >= 0.3 is 0 Å². The molecule has 0 bridgehead atoms. The van der Waals surface area contributed by atoms with Gasteiger partial charge < -0.3 is 10.3 Å². The lowest BCUT2D eigenvalue weighted by atomic mass is 9.98. The minimum Gasteiger partial charge on any atom is -0.340 e. The molecule has 1 heterocycles. The second-order valence-corrected chi connectivity index (χ2v) is 6.56. The number of halogens is 2. The number of imidazole rings is 1. The number of anilines is 1. The number of carbonyl (C=O) groups excluding carboxylic acids is 2. The van der Waals surface area contributed by atoms with E-state index in [0.717, 1.165) is 17.6 Å². The van der Waals surface area contributed by atoms with Gasteiger partial charge in [-0.15, -0.1) is 0 Å². The molecule has 3 aromatic rings. The third-order valence-electron chi connectivity index (χ3n) is 4.59. The van der Waals surface area contributed by atoms with Crippen LogP contribution in [0.25, 0.3) is 11.0 Å². The zero-order valence-electron chi connectivity index (χ0n) is 15.4. The van der Waals surface area contributed by atoms with Crippen LogP contribution in [0.1, 0.15) is 30.6 Å². The molecule has 0 saturated heterocycles. The molecule has 3 rings (SSSR count). The molecule has 0 fully saturated rings. The summed E-state index contributed by atoms with van der Waals surface area (Å²) in [5, 5.41) is 5.27. The molecule has 1 aromatic heterocycles. The summed E-state index contributed by atoms with van der Waals surface area (Å²) in [5.41, 5.74) is 1.40. The first-order chi connectivity index (χ1) is 13.4. The molecule has 0 radical (unpaired) electrons. The number of aromatic nitrogens is 2. The number of fused-ring (bicyclic) bond motifs is 1. The number of benzene rings is 2. The minimum atomic E-state index is -1.13. The fraction of sp³-hybridized carbons (Fsp3) is 0.250. The smallest absolute Gasteiger partial charge is 0.252 e. The fourth-order valence-electron chi connectivity index (χ4n) is 2.77. The molecule has 28 heavy (non-hydrogen) atoms. The Balaban J connectivity index is 1.77. The fourth-order valence-corrected chi connectivity index (χ4v) is 2.77. The molecule has 2 aromatic carbocycles.